The van der Waals surface area contributed by atoms with E-state index in [4.69, 9.17) is 9.84 Å². The number of carbonyl (C=O) groups is 2. The van der Waals surface area contributed by atoms with E-state index in [0.717, 1.165) is 43.6 Å². The quantitative estimate of drug-likeness (QED) is 0.459. The lowest BCUT2D eigenvalue weighted by molar-refractivity contribution is -0.145. The van der Waals surface area contributed by atoms with Crippen LogP contribution in [-0.2, 0) is 22.4 Å². The Balaban J connectivity index is 1.30. The van der Waals surface area contributed by atoms with Crippen molar-refractivity contribution in [3.8, 4) is 0 Å². The fraction of sp³-hybridized carbons (Fsp3) is 0.444. The van der Waals surface area contributed by atoms with Crippen LogP contribution in [-0.4, -0.2) is 54.5 Å². The number of amides is 1. The normalized spacial score (nSPS) is 17.9. The van der Waals surface area contributed by atoms with Crippen molar-refractivity contribution >= 4 is 23.8 Å². The molecule has 1 amide bonds. The van der Waals surface area contributed by atoms with Crippen LogP contribution in [0.25, 0.3) is 0 Å². The van der Waals surface area contributed by atoms with E-state index in [2.05, 4.69) is 15.4 Å². The Bertz CT molecular complexity index is 1010. The van der Waals surface area contributed by atoms with E-state index in [0.29, 0.717) is 12.0 Å². The highest BCUT2D eigenvalue weighted by atomic mass is 16.5. The van der Waals surface area contributed by atoms with Crippen molar-refractivity contribution in [1.82, 2.24) is 5.01 Å². The lowest BCUT2D eigenvalue weighted by Gasteiger charge is -2.24. The summed E-state index contributed by atoms with van der Waals surface area (Å²) < 4.78 is 4.99. The number of fused-ring (bicyclic) bond motifs is 1. The lowest BCUT2D eigenvalue weighted by Crippen LogP contribution is -2.24. The first kappa shape index (κ1) is 24.0. The molecular weight excluding hydrogens is 430 g/mol. The Labute approximate surface area is 200 Å². The molecule has 1 saturated heterocycles. The number of nitrogens with zero attached hydrogens (tertiary/aromatic N) is 2. The Morgan fingerprint density at radius 1 is 1.09 bits per heavy atom. The molecule has 1 aliphatic carbocycles. The molecule has 0 aromatic heterocycles. The van der Waals surface area contributed by atoms with Crippen molar-refractivity contribution in [2.75, 3.05) is 31.6 Å². The van der Waals surface area contributed by atoms with Crippen LogP contribution in [0.4, 0.5) is 5.69 Å². The first-order valence-electron chi connectivity index (χ1n) is 12.2. The average Bonchev–Trinajstić information content (AvgIpc) is 2.87. The first-order valence-corrected chi connectivity index (χ1v) is 12.2. The molecule has 0 radical (unpaired) electrons. The van der Waals surface area contributed by atoms with E-state index in [-0.39, 0.29) is 31.0 Å². The number of hydrogen-bond acceptors (Lipinski definition) is 6. The number of nitrogens with one attached hydrogen (secondary N) is 1. The Morgan fingerprint density at radius 3 is 2.65 bits per heavy atom. The molecule has 2 aliphatic rings. The molecule has 0 spiro atoms. The molecule has 180 valence electrons. The van der Waals surface area contributed by atoms with Gasteiger partial charge < -0.3 is 15.2 Å². The molecule has 1 atom stereocenters. The highest BCUT2D eigenvalue weighted by Crippen LogP contribution is 2.30. The fourth-order valence-corrected chi connectivity index (χ4v) is 4.60. The van der Waals surface area contributed by atoms with Crippen LogP contribution >= 0.6 is 0 Å². The number of ether oxygens (including phenoxy) is 1. The molecule has 1 fully saturated rings. The second-order valence-electron chi connectivity index (χ2n) is 9.08. The van der Waals surface area contributed by atoms with Gasteiger partial charge in [0, 0.05) is 30.8 Å². The van der Waals surface area contributed by atoms with Gasteiger partial charge in [-0.05, 0) is 85.4 Å². The monoisotopic (exact) mass is 463 g/mol. The molecule has 1 unspecified atom stereocenters. The van der Waals surface area contributed by atoms with Crippen LogP contribution in [0.2, 0.25) is 0 Å². The van der Waals surface area contributed by atoms with Gasteiger partial charge in [0.1, 0.15) is 6.61 Å². The van der Waals surface area contributed by atoms with Gasteiger partial charge in [-0.3, -0.25) is 14.6 Å². The summed E-state index contributed by atoms with van der Waals surface area (Å²) >= 11 is 0. The van der Waals surface area contributed by atoms with Crippen molar-refractivity contribution in [2.45, 2.75) is 44.9 Å². The van der Waals surface area contributed by atoms with Crippen LogP contribution in [0.3, 0.4) is 0 Å². The van der Waals surface area contributed by atoms with Crippen LogP contribution in [0.15, 0.2) is 47.6 Å². The number of hydrogen-bond donors (Lipinski definition) is 2. The Kier molecular flexibility index (Phi) is 8.31. The lowest BCUT2D eigenvalue weighted by atomic mass is 9.82. The third kappa shape index (κ3) is 6.67. The molecule has 34 heavy (non-hydrogen) atoms. The molecule has 7 nitrogen and oxygen atoms in total. The Hall–Kier alpha value is -3.19. The summed E-state index contributed by atoms with van der Waals surface area (Å²) in [6.45, 7) is 1.93. The summed E-state index contributed by atoms with van der Waals surface area (Å²) in [6.07, 6.45) is 8.48. The van der Waals surface area contributed by atoms with Gasteiger partial charge in [0.25, 0.3) is 5.91 Å². The van der Waals surface area contributed by atoms with Crippen molar-refractivity contribution in [3.05, 3.63) is 64.7 Å². The molecule has 0 bridgehead atoms. The number of aliphatic hydroxyl groups excluding tert-OH is 1. The number of aliphatic hydroxyl groups is 1. The molecule has 2 N–H and O–H groups in total. The van der Waals surface area contributed by atoms with Crippen molar-refractivity contribution in [1.29, 1.82) is 0 Å². The van der Waals surface area contributed by atoms with Gasteiger partial charge >= 0.3 is 5.97 Å². The highest BCUT2D eigenvalue weighted by molar-refractivity contribution is 6.04. The number of rotatable bonds is 8. The summed E-state index contributed by atoms with van der Waals surface area (Å²) in [7, 11) is 0. The van der Waals surface area contributed by atoms with Crippen LogP contribution in [0.1, 0.15) is 59.2 Å². The maximum absolute atomic E-state index is 12.7. The van der Waals surface area contributed by atoms with Crippen LogP contribution in [0, 0.1) is 5.92 Å². The van der Waals surface area contributed by atoms with Crippen molar-refractivity contribution in [2.24, 2.45) is 11.0 Å². The van der Waals surface area contributed by atoms with Gasteiger partial charge in [0.05, 0.1) is 12.8 Å². The maximum atomic E-state index is 12.7. The molecule has 1 heterocycles. The zero-order valence-corrected chi connectivity index (χ0v) is 19.5. The average molecular weight is 464 g/mol. The number of esters is 1. The minimum absolute atomic E-state index is 0.0557. The SMILES string of the molecule is O=C(CC1CCc2cc(NC(=O)c3ccc(/C=N/N4CCCCC4)cc3)ccc2C1)OCCO. The molecular formula is C27H33N3O4. The van der Waals surface area contributed by atoms with E-state index in [1.807, 2.05) is 48.7 Å². The zero-order chi connectivity index (χ0) is 23.8. The summed E-state index contributed by atoms with van der Waals surface area (Å²) in [5.41, 5.74) is 4.78. The third-order valence-electron chi connectivity index (χ3n) is 6.48. The van der Waals surface area contributed by atoms with E-state index < -0.39 is 0 Å². The molecule has 1 aliphatic heterocycles. The fourth-order valence-electron chi connectivity index (χ4n) is 4.60. The summed E-state index contributed by atoms with van der Waals surface area (Å²) in [5, 5.41) is 18.4. The first-order chi connectivity index (χ1) is 16.6. The number of benzene rings is 2. The molecule has 0 saturated carbocycles. The standard InChI is InChI=1S/C27H33N3O4/c31-14-15-34-26(32)17-21-6-9-24-18-25(11-10-23(24)16-21)29-27(33)22-7-4-20(5-8-22)19-28-30-12-2-1-3-13-30/h4-5,7-8,10-11,18-19,21,31H,1-3,6,9,12-17H2,(H,29,33)/b28-19+. The summed E-state index contributed by atoms with van der Waals surface area (Å²) in [5.74, 6) is -0.147. The third-order valence-corrected chi connectivity index (χ3v) is 6.48. The minimum Gasteiger partial charge on any atom is -0.463 e. The predicted molar refractivity (Wildman–Crippen MR) is 132 cm³/mol. The topological polar surface area (TPSA) is 91.2 Å². The highest BCUT2D eigenvalue weighted by Gasteiger charge is 2.22. The number of anilines is 1. The number of piperidine rings is 1. The van der Waals surface area contributed by atoms with Gasteiger partial charge in [-0.1, -0.05) is 18.2 Å². The van der Waals surface area contributed by atoms with E-state index in [1.165, 1.54) is 30.4 Å². The second kappa shape index (κ2) is 11.8. The molecule has 2 aromatic carbocycles. The summed E-state index contributed by atoms with van der Waals surface area (Å²) in [4.78, 5) is 24.6. The molecule has 7 heteroatoms. The zero-order valence-electron chi connectivity index (χ0n) is 19.5. The smallest absolute Gasteiger partial charge is 0.306 e. The van der Waals surface area contributed by atoms with Gasteiger partial charge in [-0.15, -0.1) is 0 Å². The maximum Gasteiger partial charge on any atom is 0.306 e. The predicted octanol–water partition coefficient (Wildman–Crippen LogP) is 3.79. The number of aryl methyl sites for hydroxylation is 1. The van der Waals surface area contributed by atoms with Crippen LogP contribution < -0.4 is 5.32 Å². The number of hydrazone groups is 1. The summed E-state index contributed by atoms with van der Waals surface area (Å²) in [6, 6.07) is 13.5. The van der Waals surface area contributed by atoms with Crippen LogP contribution in [0.5, 0.6) is 0 Å². The molecule has 2 aromatic rings. The van der Waals surface area contributed by atoms with Gasteiger partial charge in [-0.25, -0.2) is 0 Å². The minimum atomic E-state index is -0.254. The van der Waals surface area contributed by atoms with Crippen molar-refractivity contribution < 1.29 is 19.4 Å². The van der Waals surface area contributed by atoms with Gasteiger partial charge in [0.2, 0.25) is 0 Å². The number of carbonyl (C=O) groups excluding carboxylic acids is 2. The molecule has 4 rings (SSSR count). The van der Waals surface area contributed by atoms with Gasteiger partial charge in [0.15, 0.2) is 0 Å². The van der Waals surface area contributed by atoms with E-state index >= 15 is 0 Å². The largest absolute Gasteiger partial charge is 0.463 e. The van der Waals surface area contributed by atoms with E-state index in [9.17, 15) is 9.59 Å². The second-order valence-corrected chi connectivity index (χ2v) is 9.08. The Morgan fingerprint density at radius 2 is 1.88 bits per heavy atom. The van der Waals surface area contributed by atoms with E-state index in [1.54, 1.807) is 0 Å². The van der Waals surface area contributed by atoms with Gasteiger partial charge in [-0.2, -0.15) is 5.10 Å². The van der Waals surface area contributed by atoms with Crippen molar-refractivity contribution in [3.63, 3.8) is 0 Å².